The van der Waals surface area contributed by atoms with E-state index in [4.69, 9.17) is 15.6 Å². The highest BCUT2D eigenvalue weighted by Gasteiger charge is 2.31. The Morgan fingerprint density at radius 1 is 1.18 bits per heavy atom. The van der Waals surface area contributed by atoms with Crippen molar-refractivity contribution in [2.75, 3.05) is 6.61 Å². The summed E-state index contributed by atoms with van der Waals surface area (Å²) in [4.78, 5) is 40.7. The van der Waals surface area contributed by atoms with Gasteiger partial charge in [0.15, 0.2) is 6.61 Å². The van der Waals surface area contributed by atoms with Gasteiger partial charge in [-0.2, -0.15) is 0 Å². The number of carboxylic acid groups (broad SMARTS) is 1. The molecular weight excluding hydrogens is 422 g/mol. The van der Waals surface area contributed by atoms with Crippen molar-refractivity contribution < 1.29 is 24.2 Å². The van der Waals surface area contributed by atoms with Crippen molar-refractivity contribution in [3.63, 3.8) is 0 Å². The van der Waals surface area contributed by atoms with E-state index in [1.54, 1.807) is 13.1 Å². The summed E-state index contributed by atoms with van der Waals surface area (Å²) in [7, 11) is 0. The number of Topliss-reactive ketones (excluding diaryl/α,β-unsaturated/α-hetero) is 1. The number of fused-ring (bicyclic) bond motifs is 1. The number of carbonyl (C=O) groups is 3. The molecule has 0 unspecified atom stereocenters. The Morgan fingerprint density at radius 3 is 2.52 bits per heavy atom. The highest BCUT2D eigenvalue weighted by molar-refractivity contribution is 6.44. The minimum Gasteiger partial charge on any atom is -0.479 e. The molecule has 0 atom stereocenters. The molecule has 0 spiro atoms. The van der Waals surface area contributed by atoms with Crippen molar-refractivity contribution in [2.24, 2.45) is 11.7 Å². The fourth-order valence-electron chi connectivity index (χ4n) is 4.77. The van der Waals surface area contributed by atoms with Gasteiger partial charge < -0.3 is 20.0 Å². The summed E-state index contributed by atoms with van der Waals surface area (Å²) < 4.78 is 7.31. The van der Waals surface area contributed by atoms with E-state index in [0.29, 0.717) is 30.0 Å². The maximum atomic E-state index is 13.1. The molecule has 4 rings (SSSR count). The van der Waals surface area contributed by atoms with Crippen LogP contribution in [0.3, 0.4) is 0 Å². The van der Waals surface area contributed by atoms with E-state index in [9.17, 15) is 14.4 Å². The number of nitrogens with zero attached hydrogens (tertiary/aromatic N) is 2. The van der Waals surface area contributed by atoms with Crippen LogP contribution >= 0.6 is 0 Å². The van der Waals surface area contributed by atoms with Crippen molar-refractivity contribution in [3.8, 4) is 5.88 Å². The number of benzene rings is 1. The molecule has 8 heteroatoms. The van der Waals surface area contributed by atoms with Gasteiger partial charge in [0.25, 0.3) is 11.7 Å². The molecule has 0 bridgehead atoms. The smallest absolute Gasteiger partial charge is 0.341 e. The molecule has 1 saturated carbocycles. The van der Waals surface area contributed by atoms with Crippen LogP contribution in [0.5, 0.6) is 5.88 Å². The number of aromatic nitrogens is 2. The van der Waals surface area contributed by atoms with Crippen LogP contribution in [0.1, 0.15) is 58.6 Å². The van der Waals surface area contributed by atoms with Crippen LogP contribution in [0.25, 0.3) is 5.52 Å². The Balaban J connectivity index is 1.99. The fourth-order valence-corrected chi connectivity index (χ4v) is 4.77. The minimum absolute atomic E-state index is 0.00832. The number of aryl methyl sites for hydroxylation is 1. The van der Waals surface area contributed by atoms with E-state index in [1.807, 2.05) is 34.7 Å². The molecule has 33 heavy (non-hydrogen) atoms. The van der Waals surface area contributed by atoms with E-state index >= 15 is 0 Å². The van der Waals surface area contributed by atoms with Crippen molar-refractivity contribution >= 4 is 23.2 Å². The lowest BCUT2D eigenvalue weighted by atomic mass is 9.91. The Hall–Kier alpha value is -3.68. The quantitative estimate of drug-likeness (QED) is 0.382. The average Bonchev–Trinajstić information content (AvgIpc) is 3.39. The number of ketones is 1. The van der Waals surface area contributed by atoms with E-state index < -0.39 is 24.3 Å². The fraction of sp³-hybridized carbons (Fsp3) is 0.360. The number of ether oxygens (including phenoxy) is 1. The van der Waals surface area contributed by atoms with E-state index in [1.165, 1.54) is 0 Å². The van der Waals surface area contributed by atoms with Crippen molar-refractivity contribution in [3.05, 3.63) is 64.6 Å². The van der Waals surface area contributed by atoms with Gasteiger partial charge in [0.05, 0.1) is 11.3 Å². The van der Waals surface area contributed by atoms with Crippen LogP contribution in [0.2, 0.25) is 0 Å². The Morgan fingerprint density at radius 2 is 1.88 bits per heavy atom. The zero-order valence-corrected chi connectivity index (χ0v) is 18.5. The van der Waals surface area contributed by atoms with Gasteiger partial charge in [-0.3, -0.25) is 9.59 Å². The molecule has 0 aliphatic heterocycles. The molecule has 2 heterocycles. The number of hydrogen-bond donors (Lipinski definition) is 2. The molecule has 1 aromatic carbocycles. The predicted octanol–water partition coefficient (Wildman–Crippen LogP) is 3.10. The third-order valence-corrected chi connectivity index (χ3v) is 6.18. The third-order valence-electron chi connectivity index (χ3n) is 6.18. The standard InChI is InChI=1S/C25H27N3O5/c1-15-13-28-19(12-17-7-3-2-4-8-17)18(11-16-9-5-6-10-16)21(23(31)24(26)32)22(28)25(27-15)33-14-20(29)30/h2-4,7-8,13,16H,5-6,9-12,14H2,1H3,(H2,26,32)(H,29,30). The molecule has 2 aromatic heterocycles. The maximum Gasteiger partial charge on any atom is 0.341 e. The summed E-state index contributed by atoms with van der Waals surface area (Å²) in [5.41, 5.74) is 9.18. The normalized spacial score (nSPS) is 14.0. The zero-order chi connectivity index (χ0) is 23.5. The van der Waals surface area contributed by atoms with Gasteiger partial charge >= 0.3 is 5.97 Å². The van der Waals surface area contributed by atoms with Crippen LogP contribution in [0.15, 0.2) is 36.5 Å². The molecule has 3 aromatic rings. The summed E-state index contributed by atoms with van der Waals surface area (Å²) in [6.07, 6.45) is 7.34. The first-order chi connectivity index (χ1) is 15.8. The number of carbonyl (C=O) groups excluding carboxylic acids is 2. The van der Waals surface area contributed by atoms with E-state index in [-0.39, 0.29) is 11.4 Å². The van der Waals surface area contributed by atoms with Crippen molar-refractivity contribution in [1.82, 2.24) is 9.38 Å². The minimum atomic E-state index is -1.17. The largest absolute Gasteiger partial charge is 0.479 e. The Labute approximate surface area is 191 Å². The topological polar surface area (TPSA) is 124 Å². The molecule has 1 aliphatic rings. The third kappa shape index (κ3) is 4.74. The molecule has 0 radical (unpaired) electrons. The summed E-state index contributed by atoms with van der Waals surface area (Å²) in [6, 6.07) is 9.85. The average molecular weight is 450 g/mol. The van der Waals surface area contributed by atoms with Gasteiger partial charge in [-0.1, -0.05) is 56.0 Å². The van der Waals surface area contributed by atoms with Gasteiger partial charge in [0.1, 0.15) is 5.52 Å². The number of nitrogens with two attached hydrogens (primary N) is 1. The highest BCUT2D eigenvalue weighted by atomic mass is 16.5. The lowest BCUT2D eigenvalue weighted by Gasteiger charge is -2.12. The predicted molar refractivity (Wildman–Crippen MR) is 121 cm³/mol. The van der Waals surface area contributed by atoms with E-state index in [2.05, 4.69) is 4.98 Å². The molecule has 1 amide bonds. The molecule has 172 valence electrons. The summed E-state index contributed by atoms with van der Waals surface area (Å²) >= 11 is 0. The van der Waals surface area contributed by atoms with Crippen LogP contribution in [0, 0.1) is 12.8 Å². The van der Waals surface area contributed by atoms with Crippen LogP contribution in [-0.2, 0) is 22.4 Å². The second kappa shape index (κ2) is 9.44. The Kier molecular flexibility index (Phi) is 6.44. The summed E-state index contributed by atoms with van der Waals surface area (Å²) in [6.45, 7) is 1.15. The molecule has 0 saturated heterocycles. The second-order valence-electron chi connectivity index (χ2n) is 8.60. The van der Waals surface area contributed by atoms with Gasteiger partial charge in [-0.25, -0.2) is 9.78 Å². The van der Waals surface area contributed by atoms with Gasteiger partial charge in [0, 0.05) is 18.3 Å². The molecular formula is C25H27N3O5. The first-order valence-corrected chi connectivity index (χ1v) is 11.1. The SMILES string of the molecule is Cc1cn2c(Cc3ccccc3)c(CC3CCCC3)c(C(=O)C(N)=O)c2c(OCC(=O)O)n1. The molecule has 8 nitrogen and oxygen atoms in total. The van der Waals surface area contributed by atoms with Crippen LogP contribution in [0.4, 0.5) is 0 Å². The first-order valence-electron chi connectivity index (χ1n) is 11.1. The highest BCUT2D eigenvalue weighted by Crippen LogP contribution is 2.36. The number of primary amides is 1. The number of hydrogen-bond acceptors (Lipinski definition) is 5. The molecule has 1 aliphatic carbocycles. The van der Waals surface area contributed by atoms with Crippen molar-refractivity contribution in [1.29, 1.82) is 0 Å². The second-order valence-corrected chi connectivity index (χ2v) is 8.60. The monoisotopic (exact) mass is 449 g/mol. The van der Waals surface area contributed by atoms with Crippen molar-refractivity contribution in [2.45, 2.75) is 45.4 Å². The van der Waals surface area contributed by atoms with E-state index in [0.717, 1.165) is 42.5 Å². The zero-order valence-electron chi connectivity index (χ0n) is 18.5. The maximum absolute atomic E-state index is 13.1. The summed E-state index contributed by atoms with van der Waals surface area (Å²) in [5, 5.41) is 9.13. The Bertz CT molecular complexity index is 1210. The number of carboxylic acids is 1. The lowest BCUT2D eigenvalue weighted by Crippen LogP contribution is -2.24. The summed E-state index contributed by atoms with van der Waals surface area (Å²) in [5.74, 6) is -2.64. The number of rotatable bonds is 9. The number of aliphatic carboxylic acids is 1. The van der Waals surface area contributed by atoms with Crippen LogP contribution < -0.4 is 10.5 Å². The molecule has 1 fully saturated rings. The van der Waals surface area contributed by atoms with Gasteiger partial charge in [-0.05, 0) is 30.4 Å². The lowest BCUT2D eigenvalue weighted by molar-refractivity contribution is -0.139. The van der Waals surface area contributed by atoms with Crippen LogP contribution in [-0.4, -0.2) is 38.8 Å². The van der Waals surface area contributed by atoms with Gasteiger partial charge in [0.2, 0.25) is 5.88 Å². The first kappa shape index (κ1) is 22.5. The number of amides is 1. The molecule has 3 N–H and O–H groups in total. The van der Waals surface area contributed by atoms with Gasteiger partial charge in [-0.15, -0.1) is 0 Å².